The highest BCUT2D eigenvalue weighted by atomic mass is 16.5. The topological polar surface area (TPSA) is 77.0 Å². The number of hydrogen-bond acceptors (Lipinski definition) is 4. The summed E-state index contributed by atoms with van der Waals surface area (Å²) >= 11 is 0. The van der Waals surface area contributed by atoms with Gasteiger partial charge >= 0.3 is 0 Å². The second-order valence-corrected chi connectivity index (χ2v) is 4.40. The van der Waals surface area contributed by atoms with Crippen molar-refractivity contribution in [2.45, 2.75) is 26.2 Å². The van der Waals surface area contributed by atoms with Crippen molar-refractivity contribution in [2.75, 3.05) is 5.73 Å². The molecule has 5 heteroatoms. The van der Waals surface area contributed by atoms with Gasteiger partial charge in [0, 0.05) is 11.6 Å². The summed E-state index contributed by atoms with van der Waals surface area (Å²) < 4.78 is 1.09. The molecular weight excluding hydrogens is 240 g/mol. The van der Waals surface area contributed by atoms with E-state index in [4.69, 9.17) is 5.73 Å². The molecule has 2 aromatic rings. The van der Waals surface area contributed by atoms with Crippen LogP contribution in [0.5, 0.6) is 0 Å². The molecule has 0 aliphatic carbocycles. The lowest BCUT2D eigenvalue weighted by atomic mass is 10.2. The highest BCUT2D eigenvalue weighted by molar-refractivity contribution is 5.86. The number of nitrogen functional groups attached to an aromatic ring is 1. The average Bonchev–Trinajstić information content (AvgIpc) is 2.70. The smallest absolute Gasteiger partial charge is 0.152 e. The number of pyridine rings is 1. The molecule has 19 heavy (non-hydrogen) atoms. The molecule has 0 saturated heterocycles. The summed E-state index contributed by atoms with van der Waals surface area (Å²) in [4.78, 5) is 8.53. The highest BCUT2D eigenvalue weighted by Crippen LogP contribution is 2.15. The molecule has 2 aromatic heterocycles. The Bertz CT molecular complexity index is 730. The molecule has 0 saturated carbocycles. The van der Waals surface area contributed by atoms with E-state index < -0.39 is 0 Å². The Labute approximate surface area is 111 Å². The first-order chi connectivity index (χ1) is 9.10. The highest BCUT2D eigenvalue weighted by Gasteiger charge is 2.14. The lowest BCUT2D eigenvalue weighted by Gasteiger charge is -2.00. The molecule has 5 nitrogen and oxygen atoms in total. The third-order valence-electron chi connectivity index (χ3n) is 3.02. The summed E-state index contributed by atoms with van der Waals surface area (Å²) in [5, 5.41) is 11.5. The number of aryl methyl sites for hydroxylation is 1. The standard InChI is InChI=1S/C14H18N4O/c1-4-6-8-11-17-12-13(18(11)19)10(7-5-2)9(3)16-14(12)15/h5,7,19H,2-4,6,8H2,1H3,(H2,15,16)/b10-7+. The molecule has 0 atom stereocenters. The second kappa shape index (κ2) is 5.14. The molecule has 0 unspecified atom stereocenters. The fraction of sp³-hybridized carbons (Fsp3) is 0.286. The van der Waals surface area contributed by atoms with Crippen LogP contribution in [0.15, 0.2) is 12.7 Å². The summed E-state index contributed by atoms with van der Waals surface area (Å²) in [7, 11) is 0. The van der Waals surface area contributed by atoms with Gasteiger partial charge in [-0.05, 0) is 6.42 Å². The maximum absolute atomic E-state index is 10.3. The van der Waals surface area contributed by atoms with Crippen LogP contribution in [0, 0.1) is 0 Å². The Morgan fingerprint density at radius 2 is 2.16 bits per heavy atom. The zero-order valence-corrected chi connectivity index (χ0v) is 11.1. The first kappa shape index (κ1) is 13.1. The van der Waals surface area contributed by atoms with Crippen LogP contribution >= 0.6 is 0 Å². The Balaban J connectivity index is 2.82. The minimum Gasteiger partial charge on any atom is -0.427 e. The number of nitrogens with two attached hydrogens (primary N) is 1. The van der Waals surface area contributed by atoms with Crippen molar-refractivity contribution >= 4 is 29.5 Å². The maximum atomic E-state index is 10.3. The van der Waals surface area contributed by atoms with Gasteiger partial charge in [-0.1, -0.05) is 38.7 Å². The first-order valence-electron chi connectivity index (χ1n) is 6.27. The molecule has 0 bridgehead atoms. The number of fused-ring (bicyclic) bond motifs is 1. The van der Waals surface area contributed by atoms with Crippen molar-refractivity contribution in [3.63, 3.8) is 0 Å². The van der Waals surface area contributed by atoms with Crippen LogP contribution in [0.2, 0.25) is 0 Å². The molecule has 0 fully saturated rings. The molecule has 0 spiro atoms. The van der Waals surface area contributed by atoms with E-state index >= 15 is 0 Å². The van der Waals surface area contributed by atoms with E-state index in [2.05, 4.69) is 30.0 Å². The lowest BCUT2D eigenvalue weighted by molar-refractivity contribution is 0.186. The summed E-state index contributed by atoms with van der Waals surface area (Å²) in [6, 6.07) is 0. The summed E-state index contributed by atoms with van der Waals surface area (Å²) in [5.41, 5.74) is 6.91. The molecule has 0 aliphatic rings. The van der Waals surface area contributed by atoms with E-state index in [0.29, 0.717) is 33.8 Å². The number of allylic oxidation sites excluding steroid dienone is 1. The van der Waals surface area contributed by atoms with Gasteiger partial charge in [0.15, 0.2) is 5.82 Å². The van der Waals surface area contributed by atoms with E-state index in [1.54, 1.807) is 12.2 Å². The van der Waals surface area contributed by atoms with Crippen LogP contribution < -0.4 is 16.3 Å². The minimum atomic E-state index is 0.284. The molecule has 3 N–H and O–H groups in total. The van der Waals surface area contributed by atoms with Gasteiger partial charge in [0.05, 0.1) is 5.35 Å². The van der Waals surface area contributed by atoms with Crippen LogP contribution in [0.4, 0.5) is 5.82 Å². The quantitative estimate of drug-likeness (QED) is 0.801. The van der Waals surface area contributed by atoms with Crippen LogP contribution in [-0.2, 0) is 6.42 Å². The van der Waals surface area contributed by atoms with Gasteiger partial charge in [0.1, 0.15) is 16.9 Å². The first-order valence-corrected chi connectivity index (χ1v) is 6.27. The van der Waals surface area contributed by atoms with Crippen LogP contribution in [0.25, 0.3) is 23.7 Å². The third-order valence-corrected chi connectivity index (χ3v) is 3.02. The number of hydrogen-bond donors (Lipinski definition) is 2. The molecule has 100 valence electrons. The van der Waals surface area contributed by atoms with Gasteiger partial charge in [-0.3, -0.25) is 0 Å². The number of unbranched alkanes of at least 4 members (excludes halogenated alkanes) is 1. The van der Waals surface area contributed by atoms with Crippen LogP contribution in [-0.4, -0.2) is 19.9 Å². The molecule has 0 amide bonds. The molecule has 2 heterocycles. The molecule has 0 aliphatic heterocycles. The van der Waals surface area contributed by atoms with Gasteiger partial charge in [-0.25, -0.2) is 9.97 Å². The zero-order chi connectivity index (χ0) is 14.0. The second-order valence-electron chi connectivity index (χ2n) is 4.40. The summed E-state index contributed by atoms with van der Waals surface area (Å²) in [5.74, 6) is 0.876. The fourth-order valence-electron chi connectivity index (χ4n) is 2.06. The monoisotopic (exact) mass is 258 g/mol. The SMILES string of the molecule is C=C/C=c1\c(=C)nc(N)c2nc(CCCC)n(O)c12. The summed E-state index contributed by atoms with van der Waals surface area (Å²) in [6.07, 6.45) is 6.05. The van der Waals surface area contributed by atoms with Gasteiger partial charge in [0.25, 0.3) is 0 Å². The van der Waals surface area contributed by atoms with Gasteiger partial charge in [-0.15, -0.1) is 0 Å². The number of aromatic nitrogens is 3. The van der Waals surface area contributed by atoms with Crippen molar-refractivity contribution in [3.8, 4) is 0 Å². The largest absolute Gasteiger partial charge is 0.427 e. The lowest BCUT2D eigenvalue weighted by Crippen LogP contribution is -2.29. The molecule has 0 radical (unpaired) electrons. The molecule has 0 aromatic carbocycles. The molecule has 2 rings (SSSR count). The fourth-order valence-corrected chi connectivity index (χ4v) is 2.06. The van der Waals surface area contributed by atoms with Gasteiger partial charge in [-0.2, -0.15) is 4.73 Å². The third kappa shape index (κ3) is 2.19. The van der Waals surface area contributed by atoms with Crippen molar-refractivity contribution < 1.29 is 5.21 Å². The van der Waals surface area contributed by atoms with E-state index in [-0.39, 0.29) is 5.82 Å². The van der Waals surface area contributed by atoms with Crippen molar-refractivity contribution in [3.05, 3.63) is 29.0 Å². The minimum absolute atomic E-state index is 0.284. The average molecular weight is 258 g/mol. The van der Waals surface area contributed by atoms with E-state index in [1.807, 2.05) is 0 Å². The number of anilines is 1. The number of imidazole rings is 1. The Morgan fingerprint density at radius 3 is 2.79 bits per heavy atom. The van der Waals surface area contributed by atoms with E-state index in [9.17, 15) is 5.21 Å². The van der Waals surface area contributed by atoms with Crippen LogP contribution in [0.1, 0.15) is 25.6 Å². The van der Waals surface area contributed by atoms with Gasteiger partial charge in [0.2, 0.25) is 0 Å². The Kier molecular flexibility index (Phi) is 3.55. The number of rotatable bonds is 4. The molecular formula is C14H18N4O. The zero-order valence-electron chi connectivity index (χ0n) is 11.1. The van der Waals surface area contributed by atoms with Crippen LogP contribution in [0.3, 0.4) is 0 Å². The normalized spacial score (nSPS) is 12.2. The maximum Gasteiger partial charge on any atom is 0.152 e. The van der Waals surface area contributed by atoms with Crippen molar-refractivity contribution in [1.82, 2.24) is 14.7 Å². The number of nitrogens with zero attached hydrogens (tertiary/aromatic N) is 3. The summed E-state index contributed by atoms with van der Waals surface area (Å²) in [6.45, 7) is 9.59. The van der Waals surface area contributed by atoms with Gasteiger partial charge < -0.3 is 10.9 Å². The predicted molar refractivity (Wildman–Crippen MR) is 77.2 cm³/mol. The van der Waals surface area contributed by atoms with Crippen molar-refractivity contribution in [1.29, 1.82) is 0 Å². The predicted octanol–water partition coefficient (Wildman–Crippen LogP) is 0.970. The van der Waals surface area contributed by atoms with E-state index in [1.165, 1.54) is 0 Å². The van der Waals surface area contributed by atoms with Crippen molar-refractivity contribution in [2.24, 2.45) is 0 Å². The van der Waals surface area contributed by atoms with E-state index in [0.717, 1.165) is 17.6 Å². The Hall–Kier alpha value is -2.30. The Morgan fingerprint density at radius 1 is 1.42 bits per heavy atom.